The summed E-state index contributed by atoms with van der Waals surface area (Å²) in [6.07, 6.45) is 1.02. The van der Waals surface area contributed by atoms with E-state index in [1.165, 1.54) is 11.7 Å². The van der Waals surface area contributed by atoms with Crippen molar-refractivity contribution in [3.05, 3.63) is 49.9 Å². The molecule has 7 nitrogen and oxygen atoms in total. The summed E-state index contributed by atoms with van der Waals surface area (Å²) in [5.41, 5.74) is -0.383. The van der Waals surface area contributed by atoms with Gasteiger partial charge in [-0.2, -0.15) is 5.26 Å². The Morgan fingerprint density at radius 3 is 2.56 bits per heavy atom. The van der Waals surface area contributed by atoms with Gasteiger partial charge in [-0.05, 0) is 19.1 Å². The summed E-state index contributed by atoms with van der Waals surface area (Å²) >= 11 is 0.845. The molecular weight excluding hydrogens is 344 g/mol. The molecule has 0 amide bonds. The largest absolute Gasteiger partial charge is 0.466 e. The van der Waals surface area contributed by atoms with Crippen molar-refractivity contribution in [3.8, 4) is 11.8 Å². The third-order valence-electron chi connectivity index (χ3n) is 3.09. The number of aromatic nitrogens is 1. The summed E-state index contributed by atoms with van der Waals surface area (Å²) in [4.78, 5) is 36.3. The molecule has 25 heavy (non-hydrogen) atoms. The van der Waals surface area contributed by atoms with E-state index in [2.05, 4.69) is 4.74 Å². The van der Waals surface area contributed by atoms with Gasteiger partial charge in [0.05, 0.1) is 19.4 Å². The minimum atomic E-state index is -0.833. The number of para-hydroxylation sites is 1. The van der Waals surface area contributed by atoms with E-state index in [0.29, 0.717) is 5.69 Å². The van der Waals surface area contributed by atoms with Crippen LogP contribution in [0, 0.1) is 11.3 Å². The highest BCUT2D eigenvalue weighted by atomic mass is 32.1. The Balaban J connectivity index is 2.93. The van der Waals surface area contributed by atoms with E-state index in [4.69, 9.17) is 4.74 Å². The van der Waals surface area contributed by atoms with Crippen LogP contribution in [0.25, 0.3) is 17.3 Å². The second-order valence-electron chi connectivity index (χ2n) is 4.62. The van der Waals surface area contributed by atoms with Crippen LogP contribution in [0.1, 0.15) is 6.92 Å². The molecule has 1 heterocycles. The number of carbonyl (C=O) groups is 2. The topological polar surface area (TPSA) is 98.4 Å². The molecule has 0 aliphatic heterocycles. The molecule has 1 aromatic carbocycles. The van der Waals surface area contributed by atoms with Crippen molar-refractivity contribution in [1.29, 1.82) is 5.26 Å². The molecule has 0 aliphatic rings. The number of methoxy groups -OCH3 is 1. The molecular formula is C17H14N2O5S. The molecule has 0 spiro atoms. The molecule has 8 heteroatoms. The molecule has 0 saturated heterocycles. The smallest absolute Gasteiger partial charge is 0.351 e. The fourth-order valence-electron chi connectivity index (χ4n) is 2.01. The normalized spacial score (nSPS) is 12.3. The first-order valence-corrected chi connectivity index (χ1v) is 8.03. The van der Waals surface area contributed by atoms with Crippen molar-refractivity contribution in [3.63, 3.8) is 0 Å². The molecule has 0 atom stereocenters. The lowest BCUT2D eigenvalue weighted by Crippen LogP contribution is -2.32. The maximum absolute atomic E-state index is 12.7. The van der Waals surface area contributed by atoms with Gasteiger partial charge in [0.25, 0.3) is 5.56 Å². The fourth-order valence-corrected chi connectivity index (χ4v) is 3.06. The Morgan fingerprint density at radius 1 is 1.32 bits per heavy atom. The van der Waals surface area contributed by atoms with Crippen LogP contribution in [0.15, 0.2) is 35.1 Å². The summed E-state index contributed by atoms with van der Waals surface area (Å²) < 4.78 is 10.8. The number of carbonyl (C=O) groups excluding carboxylic acids is 2. The Morgan fingerprint density at radius 2 is 2.00 bits per heavy atom. The number of rotatable bonds is 4. The molecule has 1 aromatic heterocycles. The maximum atomic E-state index is 12.7. The molecule has 0 aliphatic carbocycles. The van der Waals surface area contributed by atoms with Gasteiger partial charge in [0.1, 0.15) is 15.3 Å². The average Bonchev–Trinajstić information content (AvgIpc) is 2.92. The van der Waals surface area contributed by atoms with Crippen molar-refractivity contribution < 1.29 is 19.1 Å². The van der Waals surface area contributed by atoms with Gasteiger partial charge in [-0.1, -0.05) is 18.2 Å². The molecule has 0 radical (unpaired) electrons. The standard InChI is InChI=1S/C17H14N2O5S/c1-3-24-17(22)12(10-18)16-19(11-7-5-4-6-8-11)15(21)13(25-16)9-14(20)23-2/h4-9H,3H2,1-2H3. The third kappa shape index (κ3) is 3.84. The number of nitrogens with zero attached hydrogens (tertiary/aromatic N) is 2. The highest BCUT2D eigenvalue weighted by molar-refractivity contribution is 7.07. The fraction of sp³-hybridized carbons (Fsp3) is 0.176. The Bertz CT molecular complexity index is 1010. The van der Waals surface area contributed by atoms with E-state index in [9.17, 15) is 19.6 Å². The number of ether oxygens (including phenoxy) is 2. The van der Waals surface area contributed by atoms with Crippen LogP contribution in [0.4, 0.5) is 0 Å². The van der Waals surface area contributed by atoms with Crippen molar-refractivity contribution >= 4 is 34.9 Å². The van der Waals surface area contributed by atoms with Gasteiger partial charge in [0.2, 0.25) is 0 Å². The molecule has 0 bridgehead atoms. The molecule has 0 saturated carbocycles. The van der Waals surface area contributed by atoms with Gasteiger partial charge in [-0.25, -0.2) is 9.59 Å². The first-order valence-electron chi connectivity index (χ1n) is 7.22. The number of esters is 2. The van der Waals surface area contributed by atoms with E-state index in [1.807, 2.05) is 0 Å². The van der Waals surface area contributed by atoms with Gasteiger partial charge in [0.15, 0.2) is 5.57 Å². The monoisotopic (exact) mass is 358 g/mol. The molecule has 0 N–H and O–H groups in total. The van der Waals surface area contributed by atoms with Crippen molar-refractivity contribution in [2.75, 3.05) is 13.7 Å². The summed E-state index contributed by atoms with van der Waals surface area (Å²) in [5, 5.41) is 9.38. The average molecular weight is 358 g/mol. The first-order chi connectivity index (χ1) is 12.0. The van der Waals surface area contributed by atoms with Gasteiger partial charge >= 0.3 is 11.9 Å². The summed E-state index contributed by atoms with van der Waals surface area (Å²) in [6.45, 7) is 1.70. The third-order valence-corrected chi connectivity index (χ3v) is 4.19. The van der Waals surface area contributed by atoms with E-state index in [1.54, 1.807) is 43.3 Å². The molecule has 0 unspecified atom stereocenters. The molecule has 2 rings (SSSR count). The number of hydrogen-bond donors (Lipinski definition) is 0. The second kappa shape index (κ2) is 8.08. The number of benzene rings is 1. The zero-order valence-electron chi connectivity index (χ0n) is 13.5. The zero-order valence-corrected chi connectivity index (χ0v) is 14.3. The highest BCUT2D eigenvalue weighted by Crippen LogP contribution is 2.04. The van der Waals surface area contributed by atoms with Gasteiger partial charge in [-0.15, -0.1) is 11.3 Å². The van der Waals surface area contributed by atoms with Crippen LogP contribution in [0.3, 0.4) is 0 Å². The predicted octanol–water partition coefficient (Wildman–Crippen LogP) is 0.0899. The Hall–Kier alpha value is -3.18. The van der Waals surface area contributed by atoms with Gasteiger partial charge in [0, 0.05) is 6.08 Å². The summed E-state index contributed by atoms with van der Waals surface area (Å²) in [6, 6.07) is 10.3. The molecule has 0 fully saturated rings. The number of hydrogen-bond acceptors (Lipinski definition) is 7. The van der Waals surface area contributed by atoms with E-state index >= 15 is 0 Å². The van der Waals surface area contributed by atoms with Crippen molar-refractivity contribution in [2.24, 2.45) is 0 Å². The summed E-state index contributed by atoms with van der Waals surface area (Å²) in [7, 11) is 1.19. The first kappa shape index (κ1) is 18.2. The Labute approximate surface area is 146 Å². The lowest BCUT2D eigenvalue weighted by Gasteiger charge is -2.03. The number of thiazole rings is 1. The lowest BCUT2D eigenvalue weighted by molar-refractivity contribution is -0.136. The van der Waals surface area contributed by atoms with E-state index < -0.39 is 17.5 Å². The summed E-state index contributed by atoms with van der Waals surface area (Å²) in [5.74, 6) is -1.54. The van der Waals surface area contributed by atoms with Crippen molar-refractivity contribution in [2.45, 2.75) is 6.92 Å². The minimum Gasteiger partial charge on any atom is -0.466 e. The maximum Gasteiger partial charge on any atom is 0.351 e. The second-order valence-corrected chi connectivity index (χ2v) is 5.65. The predicted molar refractivity (Wildman–Crippen MR) is 91.3 cm³/mol. The zero-order chi connectivity index (χ0) is 18.4. The van der Waals surface area contributed by atoms with Crippen LogP contribution >= 0.6 is 11.3 Å². The van der Waals surface area contributed by atoms with Gasteiger partial charge < -0.3 is 9.47 Å². The quantitative estimate of drug-likeness (QED) is 0.719. The van der Waals surface area contributed by atoms with Crippen LogP contribution < -0.4 is 14.8 Å². The van der Waals surface area contributed by atoms with E-state index in [0.717, 1.165) is 17.4 Å². The SMILES string of the molecule is CCOC(=O)C(C#N)=c1sc(=CC(=O)OC)c(=O)n1-c1ccccc1. The Kier molecular flexibility index (Phi) is 5.87. The van der Waals surface area contributed by atoms with Crippen LogP contribution in [-0.2, 0) is 19.1 Å². The van der Waals surface area contributed by atoms with Crippen LogP contribution in [-0.4, -0.2) is 30.2 Å². The van der Waals surface area contributed by atoms with Gasteiger partial charge in [-0.3, -0.25) is 9.36 Å². The minimum absolute atomic E-state index is 0.0442. The lowest BCUT2D eigenvalue weighted by atomic mass is 10.3. The highest BCUT2D eigenvalue weighted by Gasteiger charge is 2.18. The van der Waals surface area contributed by atoms with E-state index in [-0.39, 0.29) is 21.4 Å². The molecule has 2 aromatic rings. The van der Waals surface area contributed by atoms with Crippen LogP contribution in [0.2, 0.25) is 0 Å². The number of nitriles is 1. The van der Waals surface area contributed by atoms with Crippen LogP contribution in [0.5, 0.6) is 0 Å². The molecule has 128 valence electrons. The van der Waals surface area contributed by atoms with Crippen molar-refractivity contribution in [1.82, 2.24) is 4.57 Å².